The van der Waals surface area contributed by atoms with Crippen LogP contribution < -0.4 is 4.74 Å². The summed E-state index contributed by atoms with van der Waals surface area (Å²) in [5.74, 6) is 0.673. The Hall–Kier alpha value is -2.86. The van der Waals surface area contributed by atoms with Crippen LogP contribution in [-0.2, 0) is 16.1 Å². The minimum atomic E-state index is -0.749. The van der Waals surface area contributed by atoms with E-state index >= 15 is 0 Å². The Labute approximate surface area is 149 Å². The Balaban J connectivity index is 1.54. The van der Waals surface area contributed by atoms with Gasteiger partial charge in [0.1, 0.15) is 5.75 Å². The van der Waals surface area contributed by atoms with Crippen molar-refractivity contribution in [1.82, 2.24) is 10.1 Å². The van der Waals surface area contributed by atoms with Gasteiger partial charge in [0.2, 0.25) is 5.82 Å². The van der Waals surface area contributed by atoms with Gasteiger partial charge < -0.3 is 14.0 Å². The number of esters is 1. The highest BCUT2D eigenvalue weighted by Crippen LogP contribution is 2.19. The van der Waals surface area contributed by atoms with Crippen LogP contribution in [0.4, 0.5) is 0 Å². The number of ether oxygens (including phenoxy) is 2. The van der Waals surface area contributed by atoms with E-state index in [2.05, 4.69) is 10.1 Å². The number of carbonyl (C=O) groups excluding carboxylic acids is 1. The Bertz CT molecular complexity index is 834. The van der Waals surface area contributed by atoms with Gasteiger partial charge in [0.05, 0.1) is 0 Å². The summed E-state index contributed by atoms with van der Waals surface area (Å²) in [6.45, 7) is 1.49. The van der Waals surface area contributed by atoms with Crippen LogP contribution in [0.5, 0.6) is 5.75 Å². The third-order valence-electron chi connectivity index (χ3n) is 3.30. The fourth-order valence-electron chi connectivity index (χ4n) is 2.03. The minimum absolute atomic E-state index is 0.123. The predicted molar refractivity (Wildman–Crippen MR) is 91.1 cm³/mol. The molecule has 0 aliphatic heterocycles. The number of aromatic nitrogens is 2. The van der Waals surface area contributed by atoms with Gasteiger partial charge in [-0.1, -0.05) is 35.0 Å². The molecule has 6 nitrogen and oxygen atoms in total. The van der Waals surface area contributed by atoms with Crippen molar-refractivity contribution in [1.29, 1.82) is 0 Å². The maximum Gasteiger partial charge on any atom is 0.347 e. The summed E-state index contributed by atoms with van der Waals surface area (Å²) < 4.78 is 15.7. The monoisotopic (exact) mass is 358 g/mol. The largest absolute Gasteiger partial charge is 0.479 e. The second-order valence-electron chi connectivity index (χ2n) is 5.20. The molecule has 0 radical (unpaired) electrons. The molecule has 1 aromatic heterocycles. The van der Waals surface area contributed by atoms with Crippen molar-refractivity contribution in [3.63, 3.8) is 0 Å². The van der Waals surface area contributed by atoms with E-state index < -0.39 is 12.1 Å². The normalized spacial score (nSPS) is 11.8. The summed E-state index contributed by atoms with van der Waals surface area (Å²) >= 11 is 5.84. The highest BCUT2D eigenvalue weighted by atomic mass is 35.5. The Morgan fingerprint density at radius 3 is 2.60 bits per heavy atom. The molecule has 128 valence electrons. The number of rotatable bonds is 6. The quantitative estimate of drug-likeness (QED) is 0.622. The molecule has 0 saturated carbocycles. The molecule has 0 unspecified atom stereocenters. The van der Waals surface area contributed by atoms with Crippen molar-refractivity contribution in [3.05, 3.63) is 65.5 Å². The molecule has 0 saturated heterocycles. The Morgan fingerprint density at radius 1 is 1.16 bits per heavy atom. The molecule has 1 atom stereocenters. The Kier molecular flexibility index (Phi) is 5.30. The van der Waals surface area contributed by atoms with Crippen LogP contribution in [0, 0.1) is 0 Å². The summed E-state index contributed by atoms with van der Waals surface area (Å²) in [6.07, 6.45) is -0.749. The first-order valence-corrected chi connectivity index (χ1v) is 7.96. The van der Waals surface area contributed by atoms with Gasteiger partial charge in [-0.2, -0.15) is 4.98 Å². The third kappa shape index (κ3) is 4.58. The molecule has 0 aliphatic carbocycles. The van der Waals surface area contributed by atoms with E-state index in [1.807, 2.05) is 18.2 Å². The molecule has 3 rings (SSSR count). The lowest BCUT2D eigenvalue weighted by Crippen LogP contribution is -2.26. The Morgan fingerprint density at radius 2 is 1.88 bits per heavy atom. The van der Waals surface area contributed by atoms with E-state index in [9.17, 15) is 4.79 Å². The maximum atomic E-state index is 12.0. The van der Waals surface area contributed by atoms with Crippen molar-refractivity contribution in [2.24, 2.45) is 0 Å². The fourth-order valence-corrected chi connectivity index (χ4v) is 2.16. The van der Waals surface area contributed by atoms with Crippen molar-refractivity contribution in [3.8, 4) is 17.1 Å². The van der Waals surface area contributed by atoms with Crippen molar-refractivity contribution in [2.45, 2.75) is 19.6 Å². The number of hydrogen-bond donors (Lipinski definition) is 0. The van der Waals surface area contributed by atoms with Gasteiger partial charge in [-0.15, -0.1) is 0 Å². The van der Waals surface area contributed by atoms with E-state index in [1.165, 1.54) is 0 Å². The summed E-state index contributed by atoms with van der Waals surface area (Å²) in [6, 6.07) is 16.1. The van der Waals surface area contributed by atoms with Crippen molar-refractivity contribution < 1.29 is 18.8 Å². The van der Waals surface area contributed by atoms with Crippen LogP contribution in [0.25, 0.3) is 11.4 Å². The smallest absolute Gasteiger partial charge is 0.347 e. The van der Waals surface area contributed by atoms with Crippen LogP contribution in [0.1, 0.15) is 12.8 Å². The summed E-state index contributed by atoms with van der Waals surface area (Å²) in [5.41, 5.74) is 0.756. The molecular weight excluding hydrogens is 344 g/mol. The SMILES string of the molecule is C[C@@H](Oc1ccccc1)C(=O)OCc1nc(-c2ccc(Cl)cc2)no1. The van der Waals surface area contributed by atoms with Crippen molar-refractivity contribution in [2.75, 3.05) is 0 Å². The molecule has 0 amide bonds. The van der Waals surface area contributed by atoms with Crippen LogP contribution in [0.15, 0.2) is 59.1 Å². The van der Waals surface area contributed by atoms with Gasteiger partial charge in [0.25, 0.3) is 5.89 Å². The molecule has 0 aliphatic rings. The van der Waals surface area contributed by atoms with Crippen LogP contribution in [0.3, 0.4) is 0 Å². The van der Waals surface area contributed by atoms with E-state index in [0.717, 1.165) is 5.56 Å². The highest BCUT2D eigenvalue weighted by Gasteiger charge is 2.18. The number of halogens is 1. The van der Waals surface area contributed by atoms with Crippen molar-refractivity contribution >= 4 is 17.6 Å². The first-order chi connectivity index (χ1) is 12.1. The van der Waals surface area contributed by atoms with Crippen LogP contribution >= 0.6 is 11.6 Å². The molecule has 25 heavy (non-hydrogen) atoms. The van der Waals surface area contributed by atoms with Gasteiger partial charge in [-0.05, 0) is 43.3 Å². The fraction of sp³-hybridized carbons (Fsp3) is 0.167. The first kappa shape index (κ1) is 17.0. The van der Waals surface area contributed by atoms with Crippen LogP contribution in [0.2, 0.25) is 5.02 Å². The molecule has 0 spiro atoms. The maximum absolute atomic E-state index is 12.0. The lowest BCUT2D eigenvalue weighted by atomic mass is 10.2. The lowest BCUT2D eigenvalue weighted by molar-refractivity contribution is -0.153. The molecule has 0 fully saturated rings. The minimum Gasteiger partial charge on any atom is -0.479 e. The molecule has 3 aromatic rings. The number of hydrogen-bond acceptors (Lipinski definition) is 6. The highest BCUT2D eigenvalue weighted by molar-refractivity contribution is 6.30. The molecule has 0 N–H and O–H groups in total. The zero-order chi connectivity index (χ0) is 17.6. The third-order valence-corrected chi connectivity index (χ3v) is 3.55. The average Bonchev–Trinajstić information content (AvgIpc) is 3.10. The number of para-hydroxylation sites is 1. The topological polar surface area (TPSA) is 74.5 Å². The molecular formula is C18H15ClN2O4. The van der Waals surface area contributed by atoms with Gasteiger partial charge in [-0.3, -0.25) is 0 Å². The predicted octanol–water partition coefficient (Wildman–Crippen LogP) is 3.90. The standard InChI is InChI=1S/C18H15ClN2O4/c1-12(24-15-5-3-2-4-6-15)18(22)23-11-16-20-17(21-25-16)13-7-9-14(19)10-8-13/h2-10,12H,11H2,1H3/t12-/m1/s1. The lowest BCUT2D eigenvalue weighted by Gasteiger charge is -2.12. The summed E-state index contributed by atoms with van der Waals surface area (Å²) in [7, 11) is 0. The molecule has 7 heteroatoms. The molecule has 1 heterocycles. The van der Waals surface area contributed by atoms with E-state index in [4.69, 9.17) is 25.6 Å². The summed E-state index contributed by atoms with van der Waals surface area (Å²) in [4.78, 5) is 16.2. The number of carbonyl (C=O) groups is 1. The zero-order valence-electron chi connectivity index (χ0n) is 13.4. The van der Waals surface area contributed by atoms with E-state index in [1.54, 1.807) is 43.3 Å². The second-order valence-corrected chi connectivity index (χ2v) is 5.64. The van der Waals surface area contributed by atoms with E-state index in [0.29, 0.717) is 16.6 Å². The molecule has 2 aromatic carbocycles. The number of benzene rings is 2. The first-order valence-electron chi connectivity index (χ1n) is 7.58. The van der Waals surface area contributed by atoms with Gasteiger partial charge in [0, 0.05) is 10.6 Å². The number of nitrogens with zero attached hydrogens (tertiary/aromatic N) is 2. The molecule has 0 bridgehead atoms. The average molecular weight is 359 g/mol. The second kappa shape index (κ2) is 7.81. The zero-order valence-corrected chi connectivity index (χ0v) is 14.1. The summed E-state index contributed by atoms with van der Waals surface area (Å²) in [5, 5.41) is 4.47. The van der Waals surface area contributed by atoms with Gasteiger partial charge >= 0.3 is 5.97 Å². The van der Waals surface area contributed by atoms with Gasteiger partial charge in [0.15, 0.2) is 12.7 Å². The van der Waals surface area contributed by atoms with E-state index in [-0.39, 0.29) is 12.5 Å². The van der Waals surface area contributed by atoms with Crippen LogP contribution in [-0.4, -0.2) is 22.2 Å². The van der Waals surface area contributed by atoms with Gasteiger partial charge in [-0.25, -0.2) is 4.79 Å².